The zero-order valence-corrected chi connectivity index (χ0v) is 15.7. The molecule has 2 aliphatic rings. The van der Waals surface area contributed by atoms with Gasteiger partial charge in [-0.3, -0.25) is 14.7 Å². The van der Waals surface area contributed by atoms with E-state index in [4.69, 9.17) is 4.74 Å². The summed E-state index contributed by atoms with van der Waals surface area (Å²) in [6.45, 7) is 3.26. The summed E-state index contributed by atoms with van der Waals surface area (Å²) in [7, 11) is 1.61. The molecule has 0 bridgehead atoms. The average Bonchev–Trinajstić information content (AvgIpc) is 3.31. The molecule has 2 saturated heterocycles. The Labute approximate surface area is 158 Å². The third kappa shape index (κ3) is 3.63. The lowest BCUT2D eigenvalue weighted by Gasteiger charge is -2.32. The van der Waals surface area contributed by atoms with Crippen LogP contribution in [-0.2, 0) is 4.79 Å². The second-order valence-electron chi connectivity index (χ2n) is 7.49. The number of likely N-dealkylation sites (tertiary alicyclic amines) is 2. The Morgan fingerprint density at radius 2 is 2.11 bits per heavy atom. The zero-order chi connectivity index (χ0) is 18.8. The summed E-state index contributed by atoms with van der Waals surface area (Å²) < 4.78 is 5.27. The number of methoxy groups -OCH3 is 1. The molecule has 3 heterocycles. The van der Waals surface area contributed by atoms with Gasteiger partial charge in [-0.05, 0) is 49.8 Å². The number of aromatic amines is 1. The smallest absolute Gasteiger partial charge is 0.274 e. The van der Waals surface area contributed by atoms with Crippen LogP contribution in [-0.4, -0.2) is 65.1 Å². The number of carbonyl (C=O) groups excluding carboxylic acids is 2. The Morgan fingerprint density at radius 1 is 1.30 bits per heavy atom. The van der Waals surface area contributed by atoms with Gasteiger partial charge in [0.2, 0.25) is 5.91 Å². The Kier molecular flexibility index (Phi) is 5.01. The van der Waals surface area contributed by atoms with Gasteiger partial charge in [-0.15, -0.1) is 0 Å². The zero-order valence-electron chi connectivity index (χ0n) is 15.7. The third-order valence-corrected chi connectivity index (χ3v) is 5.85. The number of nitrogens with one attached hydrogen (secondary N) is 1. The van der Waals surface area contributed by atoms with Gasteiger partial charge in [0.1, 0.15) is 5.75 Å². The number of carbonyl (C=O) groups is 2. The fraction of sp³-hybridized carbons (Fsp3) is 0.550. The van der Waals surface area contributed by atoms with E-state index in [1.54, 1.807) is 7.11 Å². The number of fused-ring (bicyclic) bond motifs is 1. The molecule has 0 radical (unpaired) electrons. The number of benzene rings is 1. The quantitative estimate of drug-likeness (QED) is 0.877. The molecule has 7 nitrogen and oxygen atoms in total. The molecule has 0 spiro atoms. The molecule has 2 aromatic rings. The van der Waals surface area contributed by atoms with Gasteiger partial charge in [-0.25, -0.2) is 0 Å². The van der Waals surface area contributed by atoms with Crippen LogP contribution in [0.1, 0.15) is 42.6 Å². The summed E-state index contributed by atoms with van der Waals surface area (Å²) >= 11 is 0. The summed E-state index contributed by atoms with van der Waals surface area (Å²) in [4.78, 5) is 28.5. The summed E-state index contributed by atoms with van der Waals surface area (Å²) in [5, 5.41) is 7.98. The summed E-state index contributed by atoms with van der Waals surface area (Å²) in [6, 6.07) is 5.58. The minimum Gasteiger partial charge on any atom is -0.497 e. The first kappa shape index (κ1) is 17.8. The lowest BCUT2D eigenvalue weighted by atomic mass is 9.93. The van der Waals surface area contributed by atoms with Crippen LogP contribution in [0.25, 0.3) is 10.9 Å². The normalized spacial score (nSPS) is 18.5. The number of ether oxygens (including phenoxy) is 1. The Balaban J connectivity index is 1.35. The second-order valence-corrected chi connectivity index (χ2v) is 7.49. The monoisotopic (exact) mass is 370 g/mol. The average molecular weight is 370 g/mol. The topological polar surface area (TPSA) is 78.5 Å². The molecule has 1 aromatic carbocycles. The van der Waals surface area contributed by atoms with Gasteiger partial charge in [0.05, 0.1) is 12.6 Å². The van der Waals surface area contributed by atoms with E-state index in [1.165, 1.54) is 0 Å². The van der Waals surface area contributed by atoms with Gasteiger partial charge < -0.3 is 14.5 Å². The third-order valence-electron chi connectivity index (χ3n) is 5.85. The fourth-order valence-electron chi connectivity index (χ4n) is 4.14. The summed E-state index contributed by atoms with van der Waals surface area (Å²) in [5.41, 5.74) is 1.30. The predicted molar refractivity (Wildman–Crippen MR) is 102 cm³/mol. The lowest BCUT2D eigenvalue weighted by molar-refractivity contribution is -0.127. The molecule has 2 amide bonds. The fourth-order valence-corrected chi connectivity index (χ4v) is 4.14. The standard InChI is InChI=1S/C20H26N4O3/c1-27-15-4-5-17-16(13-15)19(22-21-17)20(26)24-11-7-14(8-12-24)6-10-23-9-2-3-18(23)25/h4-5,13-14H,2-3,6-12H2,1H3,(H,21,22). The minimum atomic E-state index is -0.0253. The van der Waals surface area contributed by atoms with E-state index in [1.807, 2.05) is 28.0 Å². The number of hydrogen-bond acceptors (Lipinski definition) is 4. The van der Waals surface area contributed by atoms with Crippen molar-refractivity contribution in [2.45, 2.75) is 32.1 Å². The maximum Gasteiger partial charge on any atom is 0.274 e. The van der Waals surface area contributed by atoms with Crippen molar-refractivity contribution in [2.75, 3.05) is 33.3 Å². The maximum atomic E-state index is 12.9. The second kappa shape index (κ2) is 7.58. The molecule has 2 fully saturated rings. The number of hydrogen-bond donors (Lipinski definition) is 1. The van der Waals surface area contributed by atoms with Crippen molar-refractivity contribution in [1.82, 2.24) is 20.0 Å². The summed E-state index contributed by atoms with van der Waals surface area (Å²) in [6.07, 6.45) is 4.71. The molecule has 144 valence electrons. The molecule has 27 heavy (non-hydrogen) atoms. The molecule has 1 aromatic heterocycles. The Bertz CT molecular complexity index is 839. The molecule has 1 N–H and O–H groups in total. The predicted octanol–water partition coefficient (Wildman–Crippen LogP) is 2.44. The first-order valence-corrected chi connectivity index (χ1v) is 9.75. The highest BCUT2D eigenvalue weighted by molar-refractivity contribution is 6.05. The van der Waals surface area contributed by atoms with E-state index < -0.39 is 0 Å². The van der Waals surface area contributed by atoms with E-state index in [9.17, 15) is 9.59 Å². The van der Waals surface area contributed by atoms with Crippen LogP contribution >= 0.6 is 0 Å². The number of H-pyrrole nitrogens is 1. The number of piperidine rings is 1. The highest BCUT2D eigenvalue weighted by atomic mass is 16.5. The van der Waals surface area contributed by atoms with Crippen molar-refractivity contribution in [3.05, 3.63) is 23.9 Å². The Hall–Kier alpha value is -2.57. The van der Waals surface area contributed by atoms with Crippen molar-refractivity contribution in [3.8, 4) is 5.75 Å². The molecular formula is C20H26N4O3. The molecule has 0 unspecified atom stereocenters. The van der Waals surface area contributed by atoms with Gasteiger partial charge in [0, 0.05) is 38.0 Å². The van der Waals surface area contributed by atoms with E-state index in [0.717, 1.165) is 62.8 Å². The number of rotatable bonds is 5. The van der Waals surface area contributed by atoms with Crippen molar-refractivity contribution in [1.29, 1.82) is 0 Å². The van der Waals surface area contributed by atoms with Crippen molar-refractivity contribution in [3.63, 3.8) is 0 Å². The van der Waals surface area contributed by atoms with Gasteiger partial charge in [0.25, 0.3) is 5.91 Å². The number of amides is 2. The van der Waals surface area contributed by atoms with E-state index in [2.05, 4.69) is 10.2 Å². The van der Waals surface area contributed by atoms with E-state index in [0.29, 0.717) is 29.7 Å². The lowest BCUT2D eigenvalue weighted by Crippen LogP contribution is -2.39. The van der Waals surface area contributed by atoms with Crippen LogP contribution in [0.3, 0.4) is 0 Å². The first-order chi connectivity index (χ1) is 13.2. The van der Waals surface area contributed by atoms with Gasteiger partial charge in [-0.1, -0.05) is 0 Å². The molecule has 4 rings (SSSR count). The maximum absolute atomic E-state index is 12.9. The molecule has 0 saturated carbocycles. The molecule has 2 aliphatic heterocycles. The molecule has 0 atom stereocenters. The molecular weight excluding hydrogens is 344 g/mol. The van der Waals surface area contributed by atoms with Crippen molar-refractivity contribution >= 4 is 22.7 Å². The molecule has 7 heteroatoms. The highest BCUT2D eigenvalue weighted by Gasteiger charge is 2.27. The first-order valence-electron chi connectivity index (χ1n) is 9.75. The van der Waals surface area contributed by atoms with Crippen LogP contribution in [0.4, 0.5) is 0 Å². The summed E-state index contributed by atoms with van der Waals surface area (Å²) in [5.74, 6) is 1.57. The van der Waals surface area contributed by atoms with Gasteiger partial charge in [-0.2, -0.15) is 5.10 Å². The minimum absolute atomic E-state index is 0.0253. The number of aromatic nitrogens is 2. The highest BCUT2D eigenvalue weighted by Crippen LogP contribution is 2.26. The Morgan fingerprint density at radius 3 is 2.81 bits per heavy atom. The van der Waals surface area contributed by atoms with Gasteiger partial charge in [0.15, 0.2) is 5.69 Å². The van der Waals surface area contributed by atoms with E-state index >= 15 is 0 Å². The van der Waals surface area contributed by atoms with E-state index in [-0.39, 0.29) is 5.91 Å². The SMILES string of the molecule is COc1ccc2[nH]nc(C(=O)N3CCC(CCN4CCCC4=O)CC3)c2c1. The number of nitrogens with zero attached hydrogens (tertiary/aromatic N) is 3. The van der Waals surface area contributed by atoms with Crippen LogP contribution in [0.5, 0.6) is 5.75 Å². The van der Waals surface area contributed by atoms with Gasteiger partial charge >= 0.3 is 0 Å². The van der Waals surface area contributed by atoms with Crippen molar-refractivity contribution < 1.29 is 14.3 Å². The van der Waals surface area contributed by atoms with Crippen molar-refractivity contribution in [2.24, 2.45) is 5.92 Å². The largest absolute Gasteiger partial charge is 0.497 e. The van der Waals surface area contributed by atoms with Crippen LogP contribution < -0.4 is 4.74 Å². The van der Waals surface area contributed by atoms with Crippen LogP contribution in [0.2, 0.25) is 0 Å². The van der Waals surface area contributed by atoms with Crippen LogP contribution in [0.15, 0.2) is 18.2 Å². The van der Waals surface area contributed by atoms with Crippen LogP contribution in [0, 0.1) is 5.92 Å². The molecule has 0 aliphatic carbocycles.